The largest absolute Gasteiger partial charge is 0.394 e. The molecule has 0 aliphatic carbocycles. The molecule has 0 radical (unpaired) electrons. The molecule has 0 unspecified atom stereocenters. The summed E-state index contributed by atoms with van der Waals surface area (Å²) in [6, 6.07) is -0.110. The van der Waals surface area contributed by atoms with Gasteiger partial charge in [0.05, 0.1) is 23.4 Å². The average Bonchev–Trinajstić information content (AvgIpc) is 3.01. The van der Waals surface area contributed by atoms with Gasteiger partial charge in [-0.15, -0.1) is 11.3 Å². The Hall–Kier alpha value is -1.14. The molecule has 2 heterocycles. The number of carbonyl (C=O) groups is 1. The van der Waals surface area contributed by atoms with Crippen molar-refractivity contribution >= 4 is 17.4 Å². The first kappa shape index (κ1) is 16.2. The lowest BCUT2D eigenvalue weighted by atomic mass is 10.0. The Morgan fingerprint density at radius 1 is 1.57 bits per heavy atom. The number of amides is 2. The van der Waals surface area contributed by atoms with Crippen LogP contribution in [0.2, 0.25) is 0 Å². The Kier molecular flexibility index (Phi) is 5.58. The van der Waals surface area contributed by atoms with Crippen LogP contribution in [0, 0.1) is 12.8 Å². The molecular weight excluding hydrogens is 286 g/mol. The highest BCUT2D eigenvalue weighted by Crippen LogP contribution is 2.23. The zero-order valence-electron chi connectivity index (χ0n) is 13.1. The van der Waals surface area contributed by atoms with Crippen molar-refractivity contribution in [3.63, 3.8) is 0 Å². The number of urea groups is 1. The van der Waals surface area contributed by atoms with Crippen LogP contribution in [0.25, 0.3) is 0 Å². The number of aryl methyl sites for hydroxylation is 2. The molecule has 2 atom stereocenters. The summed E-state index contributed by atoms with van der Waals surface area (Å²) in [4.78, 5) is 19.8. The Labute approximate surface area is 130 Å². The maximum Gasteiger partial charge on any atom is 0.317 e. The van der Waals surface area contributed by atoms with Gasteiger partial charge in [-0.3, -0.25) is 0 Å². The third-order valence-corrected chi connectivity index (χ3v) is 5.29. The highest BCUT2D eigenvalue weighted by atomic mass is 32.1. The van der Waals surface area contributed by atoms with Gasteiger partial charge < -0.3 is 15.3 Å². The fourth-order valence-electron chi connectivity index (χ4n) is 2.84. The lowest BCUT2D eigenvalue weighted by Crippen LogP contribution is -2.46. The van der Waals surface area contributed by atoms with Gasteiger partial charge in [0.25, 0.3) is 0 Å². The molecule has 1 aromatic heterocycles. The van der Waals surface area contributed by atoms with E-state index in [0.717, 1.165) is 36.5 Å². The third kappa shape index (κ3) is 3.74. The molecule has 2 N–H and O–H groups in total. The molecular formula is C15H25N3O2S. The van der Waals surface area contributed by atoms with E-state index >= 15 is 0 Å². The van der Waals surface area contributed by atoms with Gasteiger partial charge in [-0.25, -0.2) is 9.78 Å². The second kappa shape index (κ2) is 7.22. The summed E-state index contributed by atoms with van der Waals surface area (Å²) in [5.41, 5.74) is 1.16. The maximum atomic E-state index is 12.2. The summed E-state index contributed by atoms with van der Waals surface area (Å²) >= 11 is 1.71. The minimum absolute atomic E-state index is 0.0418. The topological polar surface area (TPSA) is 65.5 Å². The van der Waals surface area contributed by atoms with E-state index < -0.39 is 0 Å². The monoisotopic (exact) mass is 311 g/mol. The van der Waals surface area contributed by atoms with Crippen molar-refractivity contribution in [3.8, 4) is 0 Å². The molecule has 1 aromatic rings. The summed E-state index contributed by atoms with van der Waals surface area (Å²) in [6.45, 7) is 7.65. The van der Waals surface area contributed by atoms with Crippen molar-refractivity contribution in [2.24, 2.45) is 5.92 Å². The minimum atomic E-state index is -0.0672. The standard InChI is InChI=1S/C15H25N3O2S/c1-4-12-11(3)21-14(17-12)5-7-16-15(20)18-8-6-10(2)13(18)9-19/h10,13,19H,4-9H2,1-3H3,(H,16,20)/t10-,13-/m0/s1. The van der Waals surface area contributed by atoms with Crippen molar-refractivity contribution in [1.82, 2.24) is 15.2 Å². The van der Waals surface area contributed by atoms with E-state index in [1.807, 2.05) is 0 Å². The lowest BCUT2D eigenvalue weighted by Gasteiger charge is -2.25. The quantitative estimate of drug-likeness (QED) is 0.874. The fourth-order valence-corrected chi connectivity index (χ4v) is 3.86. The molecule has 2 amide bonds. The van der Waals surface area contributed by atoms with E-state index in [4.69, 9.17) is 0 Å². The van der Waals surface area contributed by atoms with Crippen LogP contribution in [0.3, 0.4) is 0 Å². The number of aliphatic hydroxyl groups excluding tert-OH is 1. The molecule has 1 aliphatic heterocycles. The number of nitrogens with one attached hydrogen (secondary N) is 1. The van der Waals surface area contributed by atoms with E-state index in [-0.39, 0.29) is 18.7 Å². The summed E-state index contributed by atoms with van der Waals surface area (Å²) < 4.78 is 0. The maximum absolute atomic E-state index is 12.2. The smallest absolute Gasteiger partial charge is 0.317 e. The molecule has 0 bridgehead atoms. The molecule has 1 fully saturated rings. The van der Waals surface area contributed by atoms with E-state index in [2.05, 4.69) is 31.1 Å². The van der Waals surface area contributed by atoms with E-state index in [9.17, 15) is 9.90 Å². The Morgan fingerprint density at radius 2 is 2.33 bits per heavy atom. The zero-order chi connectivity index (χ0) is 15.4. The Balaban J connectivity index is 1.81. The van der Waals surface area contributed by atoms with Gasteiger partial charge in [0, 0.05) is 24.4 Å². The SMILES string of the molecule is CCc1nc(CCNC(=O)N2CC[C@H](C)[C@@H]2CO)sc1C. The van der Waals surface area contributed by atoms with Crippen molar-refractivity contribution in [3.05, 3.63) is 15.6 Å². The Bertz CT molecular complexity index is 489. The normalized spacial score (nSPS) is 21.8. The van der Waals surface area contributed by atoms with Gasteiger partial charge in [0.1, 0.15) is 0 Å². The number of rotatable bonds is 5. The third-order valence-electron chi connectivity index (χ3n) is 4.22. The van der Waals surface area contributed by atoms with Gasteiger partial charge in [0.15, 0.2) is 0 Å². The average molecular weight is 311 g/mol. The van der Waals surface area contributed by atoms with E-state index in [1.54, 1.807) is 16.2 Å². The second-order valence-corrected chi connectivity index (χ2v) is 6.94. The summed E-state index contributed by atoms with van der Waals surface area (Å²) in [5, 5.41) is 13.4. The van der Waals surface area contributed by atoms with Crippen LogP contribution in [0.5, 0.6) is 0 Å². The number of likely N-dealkylation sites (tertiary alicyclic amines) is 1. The number of aromatic nitrogens is 1. The molecule has 5 nitrogen and oxygen atoms in total. The summed E-state index contributed by atoms with van der Waals surface area (Å²) in [6.07, 6.45) is 2.69. The first-order chi connectivity index (χ1) is 10.1. The molecule has 6 heteroatoms. The zero-order valence-corrected chi connectivity index (χ0v) is 13.9. The summed E-state index contributed by atoms with van der Waals surface area (Å²) in [5.74, 6) is 0.370. The molecule has 0 saturated carbocycles. The van der Waals surface area contributed by atoms with Crippen LogP contribution in [-0.2, 0) is 12.8 Å². The predicted molar refractivity (Wildman–Crippen MR) is 84.7 cm³/mol. The van der Waals surface area contributed by atoms with Crippen LogP contribution in [0.15, 0.2) is 0 Å². The van der Waals surface area contributed by atoms with Gasteiger partial charge in [-0.05, 0) is 25.7 Å². The number of aliphatic hydroxyl groups is 1. The Morgan fingerprint density at radius 3 is 2.95 bits per heavy atom. The number of hydrogen-bond donors (Lipinski definition) is 2. The molecule has 1 aliphatic rings. The first-order valence-corrected chi connectivity index (χ1v) is 8.49. The van der Waals surface area contributed by atoms with E-state index in [0.29, 0.717) is 12.5 Å². The van der Waals surface area contributed by atoms with Crippen LogP contribution < -0.4 is 5.32 Å². The lowest BCUT2D eigenvalue weighted by molar-refractivity contribution is 0.144. The minimum Gasteiger partial charge on any atom is -0.394 e. The number of nitrogens with zero attached hydrogens (tertiary/aromatic N) is 2. The first-order valence-electron chi connectivity index (χ1n) is 7.67. The van der Waals surface area contributed by atoms with Gasteiger partial charge in [-0.1, -0.05) is 13.8 Å². The molecule has 0 spiro atoms. The number of hydrogen-bond acceptors (Lipinski definition) is 4. The predicted octanol–water partition coefficient (Wildman–Crippen LogP) is 1.97. The van der Waals surface area contributed by atoms with Crippen LogP contribution in [-0.4, -0.2) is 46.8 Å². The molecule has 21 heavy (non-hydrogen) atoms. The molecule has 2 rings (SSSR count). The number of thiazole rings is 1. The number of carbonyl (C=O) groups excluding carboxylic acids is 1. The van der Waals surface area contributed by atoms with Crippen LogP contribution in [0.4, 0.5) is 4.79 Å². The van der Waals surface area contributed by atoms with Crippen LogP contribution in [0.1, 0.15) is 35.8 Å². The summed E-state index contributed by atoms with van der Waals surface area (Å²) in [7, 11) is 0. The molecule has 1 saturated heterocycles. The van der Waals surface area contributed by atoms with Crippen molar-refractivity contribution in [2.45, 2.75) is 46.1 Å². The fraction of sp³-hybridized carbons (Fsp3) is 0.733. The van der Waals surface area contributed by atoms with Crippen molar-refractivity contribution in [2.75, 3.05) is 19.7 Å². The highest BCUT2D eigenvalue weighted by molar-refractivity contribution is 7.11. The van der Waals surface area contributed by atoms with Gasteiger partial charge in [-0.2, -0.15) is 0 Å². The molecule has 0 aromatic carbocycles. The van der Waals surface area contributed by atoms with Crippen molar-refractivity contribution < 1.29 is 9.90 Å². The van der Waals surface area contributed by atoms with Crippen LogP contribution >= 0.6 is 11.3 Å². The van der Waals surface area contributed by atoms with Crippen molar-refractivity contribution in [1.29, 1.82) is 0 Å². The van der Waals surface area contributed by atoms with E-state index in [1.165, 1.54) is 4.88 Å². The second-order valence-electron chi connectivity index (χ2n) is 5.66. The molecule has 118 valence electrons. The van der Waals surface area contributed by atoms with Gasteiger partial charge >= 0.3 is 6.03 Å². The highest BCUT2D eigenvalue weighted by Gasteiger charge is 2.33. The van der Waals surface area contributed by atoms with Gasteiger partial charge in [0.2, 0.25) is 0 Å².